The summed E-state index contributed by atoms with van der Waals surface area (Å²) in [6, 6.07) is 8.44. The zero-order valence-corrected chi connectivity index (χ0v) is 13.1. The molecule has 0 N–H and O–H groups in total. The van der Waals surface area contributed by atoms with Gasteiger partial charge in [-0.15, -0.1) is 0 Å². The molecule has 0 heterocycles. The smallest absolute Gasteiger partial charge is 0.122 e. The Balaban J connectivity index is 2.05. The van der Waals surface area contributed by atoms with E-state index in [-0.39, 0.29) is 0 Å². The van der Waals surface area contributed by atoms with Gasteiger partial charge in [0, 0.05) is 5.41 Å². The van der Waals surface area contributed by atoms with Crippen molar-refractivity contribution in [2.24, 2.45) is 5.41 Å². The predicted molar refractivity (Wildman–Crippen MR) is 85.4 cm³/mol. The first-order valence-corrected chi connectivity index (χ1v) is 8.13. The molecule has 1 aromatic carbocycles. The molecule has 19 heavy (non-hydrogen) atoms. The van der Waals surface area contributed by atoms with Crippen molar-refractivity contribution in [3.63, 3.8) is 0 Å². The molecule has 0 amide bonds. The van der Waals surface area contributed by atoms with Crippen LogP contribution >= 0.6 is 12.6 Å². The SMILES string of the molecule is CC(C)c1ccccc1OCC1(CS)CCCCC1. The van der Waals surface area contributed by atoms with Crippen molar-refractivity contribution in [2.45, 2.75) is 51.9 Å². The summed E-state index contributed by atoms with van der Waals surface area (Å²) in [6.07, 6.45) is 6.56. The van der Waals surface area contributed by atoms with Crippen LogP contribution in [-0.2, 0) is 0 Å². The highest BCUT2D eigenvalue weighted by molar-refractivity contribution is 7.80. The summed E-state index contributed by atoms with van der Waals surface area (Å²) < 4.78 is 6.18. The van der Waals surface area contributed by atoms with Gasteiger partial charge in [0.2, 0.25) is 0 Å². The number of hydrogen-bond donors (Lipinski definition) is 1. The lowest BCUT2D eigenvalue weighted by molar-refractivity contribution is 0.120. The van der Waals surface area contributed by atoms with Crippen molar-refractivity contribution in [1.29, 1.82) is 0 Å². The number of thiol groups is 1. The molecule has 1 nitrogen and oxygen atoms in total. The predicted octanol–water partition coefficient (Wildman–Crippen LogP) is 5.07. The van der Waals surface area contributed by atoms with Crippen LogP contribution in [0, 0.1) is 5.41 Å². The third-order valence-electron chi connectivity index (χ3n) is 4.32. The van der Waals surface area contributed by atoms with Crippen LogP contribution < -0.4 is 4.74 Å². The van der Waals surface area contributed by atoms with Crippen molar-refractivity contribution in [3.8, 4) is 5.75 Å². The van der Waals surface area contributed by atoms with Crippen molar-refractivity contribution in [2.75, 3.05) is 12.4 Å². The Kier molecular flexibility index (Phi) is 5.20. The monoisotopic (exact) mass is 278 g/mol. The third kappa shape index (κ3) is 3.68. The molecule has 0 atom stereocenters. The Morgan fingerprint density at radius 2 is 1.84 bits per heavy atom. The Morgan fingerprint density at radius 1 is 1.16 bits per heavy atom. The topological polar surface area (TPSA) is 9.23 Å². The van der Waals surface area contributed by atoms with Gasteiger partial charge < -0.3 is 4.74 Å². The third-order valence-corrected chi connectivity index (χ3v) is 5.00. The van der Waals surface area contributed by atoms with Crippen molar-refractivity contribution in [3.05, 3.63) is 29.8 Å². The summed E-state index contributed by atoms with van der Waals surface area (Å²) in [7, 11) is 0. The van der Waals surface area contributed by atoms with Gasteiger partial charge in [-0.25, -0.2) is 0 Å². The van der Waals surface area contributed by atoms with Crippen molar-refractivity contribution < 1.29 is 4.74 Å². The van der Waals surface area contributed by atoms with Gasteiger partial charge in [0.05, 0.1) is 6.61 Å². The zero-order chi connectivity index (χ0) is 13.7. The summed E-state index contributed by atoms with van der Waals surface area (Å²) in [5, 5.41) is 0. The van der Waals surface area contributed by atoms with E-state index in [0.29, 0.717) is 11.3 Å². The molecule has 0 saturated heterocycles. The molecule has 0 bridgehead atoms. The first kappa shape index (κ1) is 14.8. The molecule has 0 aromatic heterocycles. The number of hydrogen-bond acceptors (Lipinski definition) is 2. The number of benzene rings is 1. The van der Waals surface area contributed by atoms with E-state index < -0.39 is 0 Å². The van der Waals surface area contributed by atoms with Gasteiger partial charge in [0.1, 0.15) is 5.75 Å². The largest absolute Gasteiger partial charge is 0.493 e. The Morgan fingerprint density at radius 3 is 2.47 bits per heavy atom. The van der Waals surface area contributed by atoms with Crippen molar-refractivity contribution in [1.82, 2.24) is 0 Å². The maximum atomic E-state index is 6.18. The Hall–Kier alpha value is -0.630. The van der Waals surface area contributed by atoms with Gasteiger partial charge in [0.15, 0.2) is 0 Å². The molecule has 106 valence electrons. The van der Waals surface area contributed by atoms with E-state index in [1.165, 1.54) is 37.7 Å². The van der Waals surface area contributed by atoms with E-state index in [0.717, 1.165) is 18.1 Å². The number of rotatable bonds is 5. The van der Waals surface area contributed by atoms with E-state index in [1.807, 2.05) is 0 Å². The number of ether oxygens (including phenoxy) is 1. The average molecular weight is 278 g/mol. The zero-order valence-electron chi connectivity index (χ0n) is 12.2. The molecule has 1 aromatic rings. The van der Waals surface area contributed by atoms with Gasteiger partial charge in [-0.05, 0) is 36.1 Å². The quantitative estimate of drug-likeness (QED) is 0.740. The van der Waals surface area contributed by atoms with E-state index in [9.17, 15) is 0 Å². The lowest BCUT2D eigenvalue weighted by Crippen LogP contribution is -2.33. The molecular formula is C17H26OS. The van der Waals surface area contributed by atoms with Crippen LogP contribution in [0.4, 0.5) is 0 Å². The second-order valence-corrected chi connectivity index (χ2v) is 6.52. The van der Waals surface area contributed by atoms with E-state index in [4.69, 9.17) is 4.74 Å². The van der Waals surface area contributed by atoms with Crippen LogP contribution in [-0.4, -0.2) is 12.4 Å². The minimum absolute atomic E-state index is 0.297. The highest BCUT2D eigenvalue weighted by Crippen LogP contribution is 2.38. The first-order valence-electron chi connectivity index (χ1n) is 7.49. The van der Waals surface area contributed by atoms with Crippen LogP contribution in [0.5, 0.6) is 5.75 Å². The summed E-state index contributed by atoms with van der Waals surface area (Å²) in [6.45, 7) is 5.26. The summed E-state index contributed by atoms with van der Waals surface area (Å²) in [5.74, 6) is 2.51. The lowest BCUT2D eigenvalue weighted by Gasteiger charge is -2.36. The van der Waals surface area contributed by atoms with Crippen LogP contribution in [0.25, 0.3) is 0 Å². The molecule has 0 unspecified atom stereocenters. The first-order chi connectivity index (χ1) is 9.17. The summed E-state index contributed by atoms with van der Waals surface area (Å²) >= 11 is 4.58. The summed E-state index contributed by atoms with van der Waals surface area (Å²) in [4.78, 5) is 0. The normalized spacial score (nSPS) is 18.5. The molecule has 1 aliphatic rings. The van der Waals surface area contributed by atoms with Gasteiger partial charge >= 0.3 is 0 Å². The van der Waals surface area contributed by atoms with Crippen LogP contribution in [0.3, 0.4) is 0 Å². The fourth-order valence-corrected chi connectivity index (χ4v) is 3.38. The maximum Gasteiger partial charge on any atom is 0.122 e. The molecule has 2 rings (SSSR count). The molecule has 0 radical (unpaired) electrons. The van der Waals surface area contributed by atoms with Gasteiger partial charge in [0.25, 0.3) is 0 Å². The summed E-state index contributed by atoms with van der Waals surface area (Å²) in [5.41, 5.74) is 1.61. The molecule has 0 spiro atoms. The molecular weight excluding hydrogens is 252 g/mol. The van der Waals surface area contributed by atoms with E-state index in [1.54, 1.807) is 0 Å². The second-order valence-electron chi connectivity index (χ2n) is 6.20. The van der Waals surface area contributed by atoms with E-state index >= 15 is 0 Å². The number of para-hydroxylation sites is 1. The van der Waals surface area contributed by atoms with Crippen LogP contribution in [0.1, 0.15) is 57.4 Å². The van der Waals surface area contributed by atoms with Gasteiger partial charge in [-0.3, -0.25) is 0 Å². The van der Waals surface area contributed by atoms with E-state index in [2.05, 4.69) is 50.7 Å². The molecule has 1 aliphatic carbocycles. The molecule has 1 saturated carbocycles. The molecule has 1 fully saturated rings. The maximum absolute atomic E-state index is 6.18. The average Bonchev–Trinajstić information content (AvgIpc) is 2.46. The molecule has 0 aliphatic heterocycles. The highest BCUT2D eigenvalue weighted by Gasteiger charge is 2.31. The fraction of sp³-hybridized carbons (Fsp3) is 0.647. The Bertz CT molecular complexity index is 394. The Labute approximate surface area is 123 Å². The fourth-order valence-electron chi connectivity index (χ4n) is 2.97. The van der Waals surface area contributed by atoms with Crippen molar-refractivity contribution >= 4 is 12.6 Å². The molecule has 2 heteroatoms. The van der Waals surface area contributed by atoms with Gasteiger partial charge in [-0.1, -0.05) is 51.3 Å². The second kappa shape index (κ2) is 6.69. The lowest BCUT2D eigenvalue weighted by atomic mass is 9.76. The van der Waals surface area contributed by atoms with Crippen LogP contribution in [0.15, 0.2) is 24.3 Å². The highest BCUT2D eigenvalue weighted by atomic mass is 32.1. The van der Waals surface area contributed by atoms with Crippen LogP contribution in [0.2, 0.25) is 0 Å². The standard InChI is InChI=1S/C17H26OS/c1-14(2)15-8-4-5-9-16(15)18-12-17(13-19)10-6-3-7-11-17/h4-5,8-9,14,19H,3,6-7,10-13H2,1-2H3. The minimum Gasteiger partial charge on any atom is -0.493 e. The van der Waals surface area contributed by atoms with Gasteiger partial charge in [-0.2, -0.15) is 12.6 Å². The minimum atomic E-state index is 0.297.